The fourth-order valence-corrected chi connectivity index (χ4v) is 3.45. The minimum atomic E-state index is -0.0879. The quantitative estimate of drug-likeness (QED) is 0.582. The molecule has 0 unspecified atom stereocenters. The van der Waals surface area contributed by atoms with Crippen LogP contribution in [0, 0.1) is 34.0 Å². The number of nitrogens with zero attached hydrogens (tertiary/aromatic N) is 6. The van der Waals surface area contributed by atoms with Crippen LogP contribution in [-0.2, 0) is 6.42 Å². The molecule has 8 heteroatoms. The van der Waals surface area contributed by atoms with Crippen LogP contribution in [0.1, 0.15) is 48.4 Å². The van der Waals surface area contributed by atoms with Crippen molar-refractivity contribution in [3.8, 4) is 18.2 Å². The van der Waals surface area contributed by atoms with Gasteiger partial charge in [-0.25, -0.2) is 4.98 Å². The van der Waals surface area contributed by atoms with Gasteiger partial charge in [0.15, 0.2) is 5.71 Å². The number of aromatic nitrogens is 1. The molecule has 3 rings (SSSR count). The maximum absolute atomic E-state index is 9.88. The Morgan fingerprint density at radius 3 is 2.33 bits per heavy atom. The summed E-state index contributed by atoms with van der Waals surface area (Å²) in [6.07, 6.45) is 3.99. The molecule has 1 saturated heterocycles. The molecule has 0 amide bonds. The molecule has 3 N–H and O–H groups in total. The molecule has 30 heavy (non-hydrogen) atoms. The zero-order valence-electron chi connectivity index (χ0n) is 16.8. The zero-order valence-corrected chi connectivity index (χ0v) is 16.8. The van der Waals surface area contributed by atoms with Crippen molar-refractivity contribution in [2.75, 3.05) is 29.1 Å². The SMILES string of the molecule is CCc1ccc(N/N=C(/C#N)c2c(C#N)c(N)nc(N3CCCCC3)c2C#N)cc1. The lowest BCUT2D eigenvalue weighted by atomic mass is 9.98. The Kier molecular flexibility index (Phi) is 6.47. The van der Waals surface area contributed by atoms with E-state index in [4.69, 9.17) is 5.73 Å². The number of benzene rings is 1. The van der Waals surface area contributed by atoms with Crippen molar-refractivity contribution in [2.24, 2.45) is 5.10 Å². The third-order valence-corrected chi connectivity index (χ3v) is 5.09. The highest BCUT2D eigenvalue weighted by atomic mass is 15.3. The number of aryl methyl sites for hydroxylation is 1. The van der Waals surface area contributed by atoms with Gasteiger partial charge in [0.25, 0.3) is 0 Å². The summed E-state index contributed by atoms with van der Waals surface area (Å²) < 4.78 is 0. The van der Waals surface area contributed by atoms with Gasteiger partial charge >= 0.3 is 0 Å². The first-order chi connectivity index (χ1) is 14.6. The zero-order chi connectivity index (χ0) is 21.5. The summed E-state index contributed by atoms with van der Waals surface area (Å²) in [5.74, 6) is 0.390. The van der Waals surface area contributed by atoms with Gasteiger partial charge < -0.3 is 10.6 Å². The Balaban J connectivity index is 2.08. The van der Waals surface area contributed by atoms with Crippen molar-refractivity contribution in [3.63, 3.8) is 0 Å². The number of nitrogens with two attached hydrogens (primary N) is 1. The third kappa shape index (κ3) is 4.16. The molecule has 0 aliphatic carbocycles. The lowest BCUT2D eigenvalue weighted by molar-refractivity contribution is 0.573. The van der Waals surface area contributed by atoms with Gasteiger partial charge in [-0.2, -0.15) is 20.9 Å². The molecule has 0 atom stereocenters. The predicted molar refractivity (Wildman–Crippen MR) is 116 cm³/mol. The van der Waals surface area contributed by atoms with Crippen LogP contribution >= 0.6 is 0 Å². The number of rotatable bonds is 5. The van der Waals surface area contributed by atoms with E-state index in [0.29, 0.717) is 11.5 Å². The predicted octanol–water partition coefficient (Wildman–Crippen LogP) is 3.30. The van der Waals surface area contributed by atoms with Crippen molar-refractivity contribution in [2.45, 2.75) is 32.6 Å². The molecule has 1 aliphatic rings. The molecular formula is C22H22N8. The summed E-state index contributed by atoms with van der Waals surface area (Å²) in [6, 6.07) is 13.7. The average Bonchev–Trinajstić information content (AvgIpc) is 2.80. The van der Waals surface area contributed by atoms with Crippen LogP contribution in [0.3, 0.4) is 0 Å². The van der Waals surface area contributed by atoms with Crippen LogP contribution in [0.2, 0.25) is 0 Å². The summed E-state index contributed by atoms with van der Waals surface area (Å²) in [5.41, 5.74) is 10.9. The second-order valence-electron chi connectivity index (χ2n) is 6.95. The molecule has 0 saturated carbocycles. The van der Waals surface area contributed by atoms with Crippen molar-refractivity contribution < 1.29 is 0 Å². The smallest absolute Gasteiger partial charge is 0.170 e. The second kappa shape index (κ2) is 9.41. The maximum Gasteiger partial charge on any atom is 0.170 e. The molecule has 1 fully saturated rings. The lowest BCUT2D eigenvalue weighted by Gasteiger charge is -2.29. The summed E-state index contributed by atoms with van der Waals surface area (Å²) in [4.78, 5) is 6.31. The van der Waals surface area contributed by atoms with E-state index in [9.17, 15) is 15.8 Å². The number of hydrogen-bond donors (Lipinski definition) is 2. The second-order valence-corrected chi connectivity index (χ2v) is 6.95. The van der Waals surface area contributed by atoms with E-state index in [2.05, 4.69) is 28.5 Å². The standard InChI is InChI=1S/C22H22N8/c1-2-15-6-8-16(9-7-15)28-29-19(14-25)20-17(12-23)21(26)27-22(18(20)13-24)30-10-4-3-5-11-30/h6-9,28H,2-5,10-11H2,1H3,(H2,26,27)/b29-19-. The summed E-state index contributed by atoms with van der Waals surface area (Å²) in [6.45, 7) is 3.55. The summed E-state index contributed by atoms with van der Waals surface area (Å²) in [5, 5.41) is 33.4. The van der Waals surface area contributed by atoms with Gasteiger partial charge in [-0.05, 0) is 43.4 Å². The molecular weight excluding hydrogens is 376 g/mol. The Bertz CT molecular complexity index is 1070. The Labute approximate surface area is 175 Å². The number of pyridine rings is 1. The Hall–Kier alpha value is -4.09. The summed E-state index contributed by atoms with van der Waals surface area (Å²) in [7, 11) is 0. The van der Waals surface area contributed by atoms with E-state index in [1.165, 1.54) is 5.56 Å². The lowest BCUT2D eigenvalue weighted by Crippen LogP contribution is -2.32. The number of nitriles is 3. The molecule has 0 spiro atoms. The highest BCUT2D eigenvalue weighted by molar-refractivity contribution is 6.16. The number of hydrogen-bond acceptors (Lipinski definition) is 8. The van der Waals surface area contributed by atoms with Gasteiger partial charge in [0, 0.05) is 13.1 Å². The third-order valence-electron chi connectivity index (χ3n) is 5.09. The minimum absolute atomic E-state index is 0.0117. The number of nitrogen functional groups attached to an aromatic ring is 1. The Morgan fingerprint density at radius 2 is 1.77 bits per heavy atom. The van der Waals surface area contributed by atoms with Crippen molar-refractivity contribution in [1.29, 1.82) is 15.8 Å². The molecule has 0 bridgehead atoms. The largest absolute Gasteiger partial charge is 0.383 e. The van der Waals surface area contributed by atoms with Crippen molar-refractivity contribution >= 4 is 23.0 Å². The first kappa shape index (κ1) is 20.6. The summed E-state index contributed by atoms with van der Waals surface area (Å²) >= 11 is 0. The van der Waals surface area contributed by atoms with Crippen LogP contribution in [-0.4, -0.2) is 23.8 Å². The van der Waals surface area contributed by atoms with Gasteiger partial charge in [-0.1, -0.05) is 19.1 Å². The van der Waals surface area contributed by atoms with Gasteiger partial charge in [0.1, 0.15) is 41.0 Å². The molecule has 1 aromatic heterocycles. The van der Waals surface area contributed by atoms with Crippen molar-refractivity contribution in [1.82, 2.24) is 4.98 Å². The maximum atomic E-state index is 9.88. The minimum Gasteiger partial charge on any atom is -0.383 e. The molecule has 150 valence electrons. The fourth-order valence-electron chi connectivity index (χ4n) is 3.45. The van der Waals surface area contributed by atoms with E-state index < -0.39 is 0 Å². The first-order valence-electron chi connectivity index (χ1n) is 9.84. The fraction of sp³-hybridized carbons (Fsp3) is 0.318. The van der Waals surface area contributed by atoms with Crippen LogP contribution in [0.25, 0.3) is 0 Å². The first-order valence-corrected chi connectivity index (χ1v) is 9.84. The van der Waals surface area contributed by atoms with E-state index in [0.717, 1.165) is 38.8 Å². The molecule has 8 nitrogen and oxygen atoms in total. The molecule has 2 aromatic rings. The van der Waals surface area contributed by atoms with Gasteiger partial charge in [0.05, 0.1) is 11.3 Å². The van der Waals surface area contributed by atoms with Gasteiger partial charge in [0.2, 0.25) is 0 Å². The van der Waals surface area contributed by atoms with Crippen LogP contribution in [0.5, 0.6) is 0 Å². The molecule has 2 heterocycles. The number of piperidine rings is 1. The highest BCUT2D eigenvalue weighted by Crippen LogP contribution is 2.30. The number of anilines is 3. The molecule has 1 aliphatic heterocycles. The van der Waals surface area contributed by atoms with Crippen molar-refractivity contribution in [3.05, 3.63) is 46.5 Å². The number of nitrogens with one attached hydrogen (secondary N) is 1. The number of hydrazone groups is 1. The monoisotopic (exact) mass is 398 g/mol. The van der Waals surface area contributed by atoms with Crippen LogP contribution in [0.15, 0.2) is 29.4 Å². The van der Waals surface area contributed by atoms with E-state index in [1.54, 1.807) is 0 Å². The van der Waals surface area contributed by atoms with E-state index in [1.807, 2.05) is 41.3 Å². The van der Waals surface area contributed by atoms with Gasteiger partial charge in [-0.3, -0.25) is 5.43 Å². The molecule has 0 radical (unpaired) electrons. The van der Waals surface area contributed by atoms with Crippen LogP contribution in [0.4, 0.5) is 17.3 Å². The topological polar surface area (TPSA) is 138 Å². The average molecular weight is 398 g/mol. The Morgan fingerprint density at radius 1 is 1.10 bits per heavy atom. The van der Waals surface area contributed by atoms with E-state index >= 15 is 0 Å². The highest BCUT2D eigenvalue weighted by Gasteiger charge is 2.26. The van der Waals surface area contributed by atoms with Gasteiger partial charge in [-0.15, -0.1) is 0 Å². The molecule has 1 aromatic carbocycles. The van der Waals surface area contributed by atoms with Crippen LogP contribution < -0.4 is 16.1 Å². The van der Waals surface area contributed by atoms with E-state index in [-0.39, 0.29) is 28.2 Å². The normalized spacial score (nSPS) is 13.8.